The number of ether oxygens (including phenoxy) is 1. The molecule has 9 atom stereocenters. The topological polar surface area (TPSA) is 91.7 Å². The molecule has 172 valence electrons. The first kappa shape index (κ1) is 20.1. The average Bonchev–Trinajstić information content (AvgIpc) is 3.08. The molecule has 1 unspecified atom stereocenters. The van der Waals surface area contributed by atoms with Gasteiger partial charge in [0.05, 0.1) is 17.7 Å². The predicted octanol–water partition coefficient (Wildman–Crippen LogP) is 2.89. The van der Waals surface area contributed by atoms with E-state index in [1.54, 1.807) is 11.3 Å². The zero-order chi connectivity index (χ0) is 22.6. The maximum atomic E-state index is 13.8. The molecule has 2 bridgehead atoms. The van der Waals surface area contributed by atoms with Crippen LogP contribution in [0.25, 0.3) is 0 Å². The Morgan fingerprint density at radius 3 is 2.78 bits per heavy atom. The minimum Gasteiger partial charge on any atom is -0.387 e. The number of nitrogens with zero attached hydrogens (tertiary/aromatic N) is 1. The van der Waals surface area contributed by atoms with E-state index in [1.165, 1.54) is 4.88 Å². The van der Waals surface area contributed by atoms with Gasteiger partial charge in [-0.25, -0.2) is 4.98 Å². The number of nitrogens with one attached hydrogen (secondary N) is 1. The standard InChI is InChI=1S/C25H32N2O4S/c1-10(2)26-21-27-18-13(32-21)8-22(4,5)17-20(29)25(30)24-14(23(17,18)9-31-25)7-6-12-11(3)15(16(12)24)19(24)28/h10,12,14-17,20,29-30H,3,6-9H2,1-2,4-5H3,(H,26,27)/t12-,14-,15?,16-,17+,20-,23-,24+,25+/m0/s1. The Hall–Kier alpha value is -1.28. The van der Waals surface area contributed by atoms with E-state index in [4.69, 9.17) is 9.72 Å². The van der Waals surface area contributed by atoms with Crippen LogP contribution in [0.4, 0.5) is 5.13 Å². The highest BCUT2D eigenvalue weighted by molar-refractivity contribution is 7.15. The van der Waals surface area contributed by atoms with E-state index < -0.39 is 22.7 Å². The number of carbonyl (C=O) groups is 1. The Balaban J connectivity index is 1.48. The SMILES string of the molecule is C=C1C2C(=O)[C@]34[C@H]2[C@H]1CC[C@H]3[C@@]12CO[C@]4(O)[C@@H](O)[C@@H]1C(C)(C)Cc1sc(NC(C)C)nc12. The van der Waals surface area contributed by atoms with Crippen molar-refractivity contribution in [3.8, 4) is 0 Å². The molecule has 3 N–H and O–H groups in total. The summed E-state index contributed by atoms with van der Waals surface area (Å²) < 4.78 is 6.25. The van der Waals surface area contributed by atoms with E-state index in [2.05, 4.69) is 39.6 Å². The first-order chi connectivity index (χ1) is 15.0. The fourth-order valence-corrected chi connectivity index (χ4v) is 10.9. The number of hydrogen-bond acceptors (Lipinski definition) is 7. The summed E-state index contributed by atoms with van der Waals surface area (Å²) in [5.41, 5.74) is 0.194. The molecule has 0 radical (unpaired) electrons. The Morgan fingerprint density at radius 1 is 1.31 bits per heavy atom. The Bertz CT molecular complexity index is 1100. The third kappa shape index (κ3) is 1.74. The van der Waals surface area contributed by atoms with Crippen molar-refractivity contribution in [2.75, 3.05) is 11.9 Å². The lowest BCUT2D eigenvalue weighted by Gasteiger charge is -2.82. The second-order valence-electron chi connectivity index (χ2n) is 12.3. The number of aliphatic hydroxyl groups is 2. The summed E-state index contributed by atoms with van der Waals surface area (Å²) in [6.45, 7) is 13.1. The Kier molecular flexibility index (Phi) is 3.46. The molecule has 5 aliphatic carbocycles. The second-order valence-corrected chi connectivity index (χ2v) is 13.3. The molecule has 0 amide bonds. The van der Waals surface area contributed by atoms with Crippen LogP contribution in [0.3, 0.4) is 0 Å². The van der Waals surface area contributed by atoms with Gasteiger partial charge in [0.1, 0.15) is 6.10 Å². The number of anilines is 1. The number of aliphatic hydroxyl groups excluding tert-OH is 1. The van der Waals surface area contributed by atoms with Crippen LogP contribution in [0.5, 0.6) is 0 Å². The molecule has 2 spiro atoms. The number of aromatic nitrogens is 1. The maximum Gasteiger partial charge on any atom is 0.205 e. The van der Waals surface area contributed by atoms with Crippen molar-refractivity contribution in [1.82, 2.24) is 4.98 Å². The van der Waals surface area contributed by atoms with Gasteiger partial charge in [-0.05, 0) is 56.3 Å². The quantitative estimate of drug-likeness (QED) is 0.593. The van der Waals surface area contributed by atoms with Crippen molar-refractivity contribution in [3.63, 3.8) is 0 Å². The summed E-state index contributed by atoms with van der Waals surface area (Å²) in [6, 6.07) is 0.269. The monoisotopic (exact) mass is 456 g/mol. The summed E-state index contributed by atoms with van der Waals surface area (Å²) in [6.07, 6.45) is 1.53. The summed E-state index contributed by atoms with van der Waals surface area (Å²) >= 11 is 1.70. The first-order valence-corrected chi connectivity index (χ1v) is 12.9. The van der Waals surface area contributed by atoms with E-state index in [0.717, 1.165) is 35.7 Å². The maximum absolute atomic E-state index is 13.8. The number of ketones is 1. The van der Waals surface area contributed by atoms with Gasteiger partial charge < -0.3 is 20.3 Å². The zero-order valence-corrected chi connectivity index (χ0v) is 20.0. The van der Waals surface area contributed by atoms with Gasteiger partial charge in [0.15, 0.2) is 10.9 Å². The van der Waals surface area contributed by atoms with E-state index in [0.29, 0.717) is 6.61 Å². The molecule has 2 saturated heterocycles. The molecule has 7 heteroatoms. The lowest BCUT2D eigenvalue weighted by molar-refractivity contribution is -0.448. The lowest BCUT2D eigenvalue weighted by atomic mass is 9.23. The number of fused-ring (bicyclic) bond motifs is 2. The van der Waals surface area contributed by atoms with Crippen molar-refractivity contribution in [1.29, 1.82) is 0 Å². The van der Waals surface area contributed by atoms with Gasteiger partial charge in [0, 0.05) is 28.2 Å². The molecule has 0 aromatic carbocycles. The summed E-state index contributed by atoms with van der Waals surface area (Å²) in [5, 5.41) is 28.2. The molecule has 6 nitrogen and oxygen atoms in total. The van der Waals surface area contributed by atoms with Gasteiger partial charge in [-0.15, -0.1) is 11.3 Å². The minimum atomic E-state index is -1.81. The number of allylic oxidation sites excluding steroid dienone is 1. The normalized spacial score (nSPS) is 51.2. The van der Waals surface area contributed by atoms with E-state index in [-0.39, 0.29) is 46.8 Å². The molecule has 7 aliphatic rings. The minimum absolute atomic E-state index is 0.0411. The summed E-state index contributed by atoms with van der Waals surface area (Å²) in [5.74, 6) is -1.90. The Morgan fingerprint density at radius 2 is 2.06 bits per heavy atom. The molecule has 32 heavy (non-hydrogen) atoms. The molecule has 6 fully saturated rings. The molecule has 1 aromatic rings. The van der Waals surface area contributed by atoms with Gasteiger partial charge in [0.2, 0.25) is 5.79 Å². The van der Waals surface area contributed by atoms with Crippen LogP contribution in [0.2, 0.25) is 0 Å². The smallest absolute Gasteiger partial charge is 0.205 e. The Labute approximate surface area is 192 Å². The molecule has 8 rings (SSSR count). The highest BCUT2D eigenvalue weighted by Crippen LogP contribution is 2.83. The van der Waals surface area contributed by atoms with Crippen LogP contribution >= 0.6 is 11.3 Å². The van der Waals surface area contributed by atoms with Gasteiger partial charge in [-0.2, -0.15) is 0 Å². The first-order valence-electron chi connectivity index (χ1n) is 12.1. The fraction of sp³-hybridized carbons (Fsp3) is 0.760. The number of hydrogen-bond donors (Lipinski definition) is 3. The number of rotatable bonds is 2. The third-order valence-corrected chi connectivity index (χ3v) is 11.2. The fourth-order valence-electron chi connectivity index (χ4n) is 9.48. The van der Waals surface area contributed by atoms with Crippen molar-refractivity contribution in [2.24, 2.45) is 40.4 Å². The molecule has 1 aromatic heterocycles. The van der Waals surface area contributed by atoms with Gasteiger partial charge in [-0.3, -0.25) is 4.79 Å². The van der Waals surface area contributed by atoms with Crippen LogP contribution in [0, 0.1) is 40.4 Å². The highest BCUT2D eigenvalue weighted by Gasteiger charge is 2.91. The zero-order valence-electron chi connectivity index (χ0n) is 19.1. The van der Waals surface area contributed by atoms with Crippen LogP contribution < -0.4 is 5.32 Å². The van der Waals surface area contributed by atoms with Crippen LogP contribution in [0.1, 0.15) is 51.1 Å². The highest BCUT2D eigenvalue weighted by atomic mass is 32.1. The predicted molar refractivity (Wildman–Crippen MR) is 120 cm³/mol. The van der Waals surface area contributed by atoms with Crippen molar-refractivity contribution < 1.29 is 19.7 Å². The van der Waals surface area contributed by atoms with Crippen LogP contribution in [-0.2, 0) is 21.4 Å². The number of Topliss-reactive ketones (excluding diaryl/α,β-unsaturated/α-hetero) is 1. The van der Waals surface area contributed by atoms with Crippen molar-refractivity contribution >= 4 is 22.3 Å². The summed E-state index contributed by atoms with van der Waals surface area (Å²) in [7, 11) is 0. The molecular formula is C25H32N2O4S. The van der Waals surface area contributed by atoms with E-state index in [9.17, 15) is 15.0 Å². The average molecular weight is 457 g/mol. The van der Waals surface area contributed by atoms with Crippen molar-refractivity contribution in [3.05, 3.63) is 22.7 Å². The van der Waals surface area contributed by atoms with Crippen LogP contribution in [0.15, 0.2) is 12.2 Å². The number of thiazole rings is 1. The molecule has 3 heterocycles. The van der Waals surface area contributed by atoms with E-state index in [1.807, 2.05) is 0 Å². The number of carbonyl (C=O) groups excluding carboxylic acids is 1. The van der Waals surface area contributed by atoms with Gasteiger partial charge in [-0.1, -0.05) is 26.0 Å². The van der Waals surface area contributed by atoms with E-state index >= 15 is 0 Å². The molecule has 2 aliphatic heterocycles. The van der Waals surface area contributed by atoms with Gasteiger partial charge >= 0.3 is 0 Å². The largest absolute Gasteiger partial charge is 0.387 e. The molecule has 4 saturated carbocycles. The second kappa shape index (κ2) is 5.51. The van der Waals surface area contributed by atoms with Crippen LogP contribution in [-0.4, -0.2) is 45.5 Å². The molecular weight excluding hydrogens is 424 g/mol. The summed E-state index contributed by atoms with van der Waals surface area (Å²) in [4.78, 5) is 20.1. The third-order valence-electron chi connectivity index (χ3n) is 10.2. The van der Waals surface area contributed by atoms with Gasteiger partial charge in [0.25, 0.3) is 0 Å². The lowest BCUT2D eigenvalue weighted by Crippen LogP contribution is -2.92. The van der Waals surface area contributed by atoms with Crippen molar-refractivity contribution in [2.45, 2.75) is 70.3 Å².